The zero-order valence-electron chi connectivity index (χ0n) is 16.7. The van der Waals surface area contributed by atoms with E-state index >= 15 is 0 Å². The molecule has 0 saturated carbocycles. The van der Waals surface area contributed by atoms with Crippen molar-refractivity contribution in [1.29, 1.82) is 0 Å². The zero-order valence-corrected chi connectivity index (χ0v) is 16.7. The number of ether oxygens (including phenoxy) is 1. The molecule has 1 atom stereocenters. The molecule has 0 bridgehead atoms. The van der Waals surface area contributed by atoms with E-state index in [1.54, 1.807) is 7.11 Å². The highest BCUT2D eigenvalue weighted by Gasteiger charge is 2.28. The molecule has 0 radical (unpaired) electrons. The van der Waals surface area contributed by atoms with E-state index in [1.165, 1.54) is 38.9 Å². The van der Waals surface area contributed by atoms with Crippen molar-refractivity contribution in [1.82, 2.24) is 4.98 Å². The second kappa shape index (κ2) is 7.63. The van der Waals surface area contributed by atoms with E-state index in [-0.39, 0.29) is 5.92 Å². The van der Waals surface area contributed by atoms with E-state index in [0.717, 1.165) is 25.0 Å². The molecule has 2 heteroatoms. The lowest BCUT2D eigenvalue weighted by Gasteiger charge is -2.26. The first-order chi connectivity index (χ1) is 14.3. The van der Waals surface area contributed by atoms with E-state index < -0.39 is 0 Å². The molecule has 1 aliphatic rings. The number of fused-ring (bicyclic) bond motifs is 3. The molecule has 1 unspecified atom stereocenters. The van der Waals surface area contributed by atoms with Gasteiger partial charge in [-0.25, -0.2) is 0 Å². The van der Waals surface area contributed by atoms with Gasteiger partial charge in [0.05, 0.1) is 7.11 Å². The van der Waals surface area contributed by atoms with Crippen LogP contribution in [0, 0.1) is 0 Å². The molecule has 1 heterocycles. The lowest BCUT2D eigenvalue weighted by Crippen LogP contribution is -2.12. The van der Waals surface area contributed by atoms with Gasteiger partial charge < -0.3 is 9.72 Å². The number of hydrogen-bond donors (Lipinski definition) is 1. The number of nitrogens with one attached hydrogen (secondary N) is 1. The van der Waals surface area contributed by atoms with Crippen molar-refractivity contribution in [2.24, 2.45) is 0 Å². The van der Waals surface area contributed by atoms with Crippen molar-refractivity contribution in [3.63, 3.8) is 0 Å². The van der Waals surface area contributed by atoms with Gasteiger partial charge in [-0.15, -0.1) is 0 Å². The maximum Gasteiger partial charge on any atom is 0.118 e. The van der Waals surface area contributed by atoms with Gasteiger partial charge in [0.15, 0.2) is 0 Å². The van der Waals surface area contributed by atoms with Gasteiger partial charge in [-0.05, 0) is 47.7 Å². The highest BCUT2D eigenvalue weighted by Crippen LogP contribution is 2.43. The van der Waals surface area contributed by atoms with Crippen LogP contribution in [0.5, 0.6) is 5.75 Å². The molecule has 5 rings (SSSR count). The van der Waals surface area contributed by atoms with Crippen LogP contribution in [0.15, 0.2) is 90.5 Å². The van der Waals surface area contributed by atoms with E-state index in [9.17, 15) is 0 Å². The number of benzene rings is 3. The molecule has 4 aromatic rings. The Hall–Kier alpha value is -3.26. The second-order valence-corrected chi connectivity index (χ2v) is 7.74. The molecule has 0 aliphatic heterocycles. The Morgan fingerprint density at radius 3 is 2.41 bits per heavy atom. The van der Waals surface area contributed by atoms with Gasteiger partial charge >= 0.3 is 0 Å². The normalized spacial score (nSPS) is 15.8. The highest BCUT2D eigenvalue weighted by atomic mass is 16.5. The van der Waals surface area contributed by atoms with Crippen molar-refractivity contribution in [2.75, 3.05) is 7.11 Å². The standard InChI is InChI=1S/C27H25NO/c1-29-22-16-13-21(14-17-22)26-20(12-11-19-7-3-2-4-8-19)15-18-25-27(26)23-9-5-6-10-24(23)28-25/h2-10,13-17,26,28H,11-12,18H2,1H3. The van der Waals surface area contributed by atoms with Crippen LogP contribution >= 0.6 is 0 Å². The Kier molecular flexibility index (Phi) is 4.69. The van der Waals surface area contributed by atoms with Crippen molar-refractivity contribution in [3.8, 4) is 5.75 Å². The number of aromatic amines is 1. The number of hydrogen-bond acceptors (Lipinski definition) is 1. The van der Waals surface area contributed by atoms with E-state index in [1.807, 2.05) is 0 Å². The van der Waals surface area contributed by atoms with Gasteiger partial charge in [0, 0.05) is 28.9 Å². The molecule has 0 saturated heterocycles. The Balaban J connectivity index is 1.57. The third kappa shape index (κ3) is 3.36. The van der Waals surface area contributed by atoms with E-state index in [2.05, 4.69) is 89.9 Å². The summed E-state index contributed by atoms with van der Waals surface area (Å²) in [5.41, 5.74) is 8.25. The summed E-state index contributed by atoms with van der Waals surface area (Å²) in [6.07, 6.45) is 5.55. The first-order valence-corrected chi connectivity index (χ1v) is 10.3. The molecular weight excluding hydrogens is 354 g/mol. The number of rotatable bonds is 5. The van der Waals surface area contributed by atoms with Crippen LogP contribution in [-0.2, 0) is 12.8 Å². The molecular formula is C27H25NO. The minimum atomic E-state index is 0.282. The van der Waals surface area contributed by atoms with E-state index in [0.29, 0.717) is 0 Å². The maximum absolute atomic E-state index is 5.39. The first-order valence-electron chi connectivity index (χ1n) is 10.3. The Labute approximate surface area is 171 Å². The van der Waals surface area contributed by atoms with Crippen LogP contribution in [0.3, 0.4) is 0 Å². The molecule has 144 valence electrons. The molecule has 1 aromatic heterocycles. The SMILES string of the molecule is COc1ccc(C2C(CCc3ccccc3)=CCc3[nH]c4ccccc4c32)cc1. The summed E-state index contributed by atoms with van der Waals surface area (Å²) < 4.78 is 5.39. The number of aryl methyl sites for hydroxylation is 1. The van der Waals surface area contributed by atoms with Gasteiger partial charge in [0.25, 0.3) is 0 Å². The maximum atomic E-state index is 5.39. The third-order valence-corrected chi connectivity index (χ3v) is 6.05. The molecule has 3 aromatic carbocycles. The van der Waals surface area contributed by atoms with Gasteiger partial charge in [-0.1, -0.05) is 72.3 Å². The number of para-hydroxylation sites is 1. The lowest BCUT2D eigenvalue weighted by molar-refractivity contribution is 0.414. The van der Waals surface area contributed by atoms with Crippen LogP contribution in [-0.4, -0.2) is 12.1 Å². The largest absolute Gasteiger partial charge is 0.497 e. The summed E-state index contributed by atoms with van der Waals surface area (Å²) in [4.78, 5) is 3.66. The van der Waals surface area contributed by atoms with Crippen molar-refractivity contribution < 1.29 is 4.74 Å². The van der Waals surface area contributed by atoms with Crippen molar-refractivity contribution in [3.05, 3.63) is 113 Å². The summed E-state index contributed by atoms with van der Waals surface area (Å²) in [5, 5.41) is 1.34. The summed E-state index contributed by atoms with van der Waals surface area (Å²) in [6, 6.07) is 28.1. The first kappa shape index (κ1) is 17.8. The van der Waals surface area contributed by atoms with Crippen LogP contribution < -0.4 is 4.74 Å². The summed E-state index contributed by atoms with van der Waals surface area (Å²) in [5.74, 6) is 1.18. The van der Waals surface area contributed by atoms with Gasteiger partial charge in [-0.3, -0.25) is 0 Å². The fourth-order valence-electron chi connectivity index (χ4n) is 4.60. The van der Waals surface area contributed by atoms with Crippen LogP contribution in [0.4, 0.5) is 0 Å². The summed E-state index contributed by atoms with van der Waals surface area (Å²) in [7, 11) is 1.72. The number of allylic oxidation sites excluding steroid dienone is 2. The van der Waals surface area contributed by atoms with Crippen molar-refractivity contribution in [2.45, 2.75) is 25.2 Å². The summed E-state index contributed by atoms with van der Waals surface area (Å²) >= 11 is 0. The fourth-order valence-corrected chi connectivity index (χ4v) is 4.60. The molecule has 29 heavy (non-hydrogen) atoms. The zero-order chi connectivity index (χ0) is 19.6. The average Bonchev–Trinajstić information content (AvgIpc) is 3.17. The lowest BCUT2D eigenvalue weighted by atomic mass is 9.77. The molecule has 0 amide bonds. The van der Waals surface area contributed by atoms with Gasteiger partial charge in [0.2, 0.25) is 0 Å². The van der Waals surface area contributed by atoms with Crippen molar-refractivity contribution >= 4 is 10.9 Å². The molecule has 0 fully saturated rings. The molecule has 1 aliphatic carbocycles. The quantitative estimate of drug-likeness (QED) is 0.397. The predicted molar refractivity (Wildman–Crippen MR) is 120 cm³/mol. The second-order valence-electron chi connectivity index (χ2n) is 7.74. The smallest absolute Gasteiger partial charge is 0.118 e. The van der Waals surface area contributed by atoms with Crippen LogP contribution in [0.25, 0.3) is 10.9 Å². The number of methoxy groups -OCH3 is 1. The van der Waals surface area contributed by atoms with Crippen LogP contribution in [0.2, 0.25) is 0 Å². The summed E-state index contributed by atoms with van der Waals surface area (Å²) in [6.45, 7) is 0. The number of aromatic nitrogens is 1. The fraction of sp³-hybridized carbons (Fsp3) is 0.185. The third-order valence-electron chi connectivity index (χ3n) is 6.05. The average molecular weight is 380 g/mol. The minimum Gasteiger partial charge on any atom is -0.497 e. The van der Waals surface area contributed by atoms with E-state index in [4.69, 9.17) is 4.74 Å². The highest BCUT2D eigenvalue weighted by molar-refractivity contribution is 5.87. The molecule has 2 nitrogen and oxygen atoms in total. The molecule has 1 N–H and O–H groups in total. The predicted octanol–water partition coefficient (Wildman–Crippen LogP) is 6.42. The Morgan fingerprint density at radius 2 is 1.62 bits per heavy atom. The van der Waals surface area contributed by atoms with Gasteiger partial charge in [-0.2, -0.15) is 0 Å². The Bertz CT molecular complexity index is 1150. The monoisotopic (exact) mass is 379 g/mol. The minimum absolute atomic E-state index is 0.282. The topological polar surface area (TPSA) is 25.0 Å². The Morgan fingerprint density at radius 1 is 0.862 bits per heavy atom. The van der Waals surface area contributed by atoms with Crippen LogP contribution in [0.1, 0.15) is 34.7 Å². The van der Waals surface area contributed by atoms with Gasteiger partial charge in [0.1, 0.15) is 5.75 Å². The molecule has 0 spiro atoms. The number of H-pyrrole nitrogens is 1.